The van der Waals surface area contributed by atoms with Gasteiger partial charge in [-0.25, -0.2) is 0 Å². The number of halogens is 1. The van der Waals surface area contributed by atoms with E-state index in [1.807, 2.05) is 0 Å². The van der Waals surface area contributed by atoms with Crippen molar-refractivity contribution in [2.75, 3.05) is 10.6 Å². The summed E-state index contributed by atoms with van der Waals surface area (Å²) in [4.78, 5) is 37.8. The Morgan fingerprint density at radius 2 is 1.36 bits per heavy atom. The highest BCUT2D eigenvalue weighted by atomic mass is 35.5. The van der Waals surface area contributed by atoms with Gasteiger partial charge in [-0.1, -0.05) is 17.7 Å². The summed E-state index contributed by atoms with van der Waals surface area (Å²) in [5, 5.41) is 5.99. The molecule has 2 N–H and O–H groups in total. The SMILES string of the molecule is CC1(C)OC(C(=O)Nc2ccc(Cl)cc2)C(C(=O)Nc2ccc(-n3ccccc3=O)cc2)O1. The highest BCUT2D eigenvalue weighted by molar-refractivity contribution is 6.30. The summed E-state index contributed by atoms with van der Waals surface area (Å²) < 4.78 is 12.9. The average Bonchev–Trinajstić information content (AvgIpc) is 3.12. The van der Waals surface area contributed by atoms with Crippen LogP contribution in [0.2, 0.25) is 5.02 Å². The van der Waals surface area contributed by atoms with E-state index in [-0.39, 0.29) is 5.56 Å². The Bertz CT molecular complexity index is 1220. The van der Waals surface area contributed by atoms with Crippen LogP contribution >= 0.6 is 11.6 Å². The van der Waals surface area contributed by atoms with E-state index in [1.165, 1.54) is 10.6 Å². The van der Waals surface area contributed by atoms with Gasteiger partial charge in [0, 0.05) is 34.3 Å². The van der Waals surface area contributed by atoms with Gasteiger partial charge in [-0.3, -0.25) is 19.0 Å². The minimum absolute atomic E-state index is 0.164. The summed E-state index contributed by atoms with van der Waals surface area (Å²) in [6.07, 6.45) is -0.660. The quantitative estimate of drug-likeness (QED) is 0.597. The van der Waals surface area contributed by atoms with E-state index in [9.17, 15) is 14.4 Å². The van der Waals surface area contributed by atoms with Crippen molar-refractivity contribution in [1.82, 2.24) is 4.57 Å². The maximum atomic E-state index is 13.0. The van der Waals surface area contributed by atoms with Gasteiger partial charge in [-0.05, 0) is 68.4 Å². The molecule has 2 heterocycles. The maximum absolute atomic E-state index is 13.0. The topological polar surface area (TPSA) is 98.7 Å². The second-order valence-electron chi connectivity index (χ2n) is 7.92. The van der Waals surface area contributed by atoms with Crippen molar-refractivity contribution in [3.8, 4) is 5.69 Å². The summed E-state index contributed by atoms with van der Waals surface area (Å²) in [6, 6.07) is 18.2. The molecule has 8 nitrogen and oxygen atoms in total. The molecule has 0 spiro atoms. The number of ether oxygens (including phenoxy) is 2. The third-order valence-electron chi connectivity index (χ3n) is 4.96. The smallest absolute Gasteiger partial charge is 0.256 e. The van der Waals surface area contributed by atoms with Crippen LogP contribution in [0.3, 0.4) is 0 Å². The Kier molecular flexibility index (Phi) is 6.33. The first-order valence-electron chi connectivity index (χ1n) is 10.2. The van der Waals surface area contributed by atoms with E-state index in [0.29, 0.717) is 22.1 Å². The number of hydrogen-bond donors (Lipinski definition) is 2. The molecule has 9 heteroatoms. The fourth-order valence-corrected chi connectivity index (χ4v) is 3.58. The van der Waals surface area contributed by atoms with Crippen LogP contribution in [-0.2, 0) is 19.1 Å². The first kappa shape index (κ1) is 22.7. The zero-order valence-electron chi connectivity index (χ0n) is 17.9. The van der Waals surface area contributed by atoms with Gasteiger partial charge in [-0.15, -0.1) is 0 Å². The van der Waals surface area contributed by atoms with E-state index in [2.05, 4.69) is 10.6 Å². The molecule has 2 atom stereocenters. The van der Waals surface area contributed by atoms with E-state index < -0.39 is 29.8 Å². The molecule has 1 aliphatic rings. The van der Waals surface area contributed by atoms with Crippen LogP contribution < -0.4 is 16.2 Å². The first-order valence-corrected chi connectivity index (χ1v) is 10.6. The summed E-state index contributed by atoms with van der Waals surface area (Å²) in [5.74, 6) is -2.16. The van der Waals surface area contributed by atoms with Crippen molar-refractivity contribution >= 4 is 34.8 Å². The molecule has 0 aliphatic carbocycles. The molecule has 0 bridgehead atoms. The fourth-order valence-electron chi connectivity index (χ4n) is 3.45. The number of carbonyl (C=O) groups excluding carboxylic acids is 2. The molecule has 2 aromatic carbocycles. The van der Waals surface area contributed by atoms with Gasteiger partial charge in [-0.2, -0.15) is 0 Å². The average molecular weight is 468 g/mol. The van der Waals surface area contributed by atoms with Crippen molar-refractivity contribution in [3.05, 3.63) is 88.3 Å². The lowest BCUT2D eigenvalue weighted by Crippen LogP contribution is -2.43. The highest BCUT2D eigenvalue weighted by Crippen LogP contribution is 2.30. The lowest BCUT2D eigenvalue weighted by atomic mass is 10.1. The molecule has 1 aromatic heterocycles. The van der Waals surface area contributed by atoms with Crippen LogP contribution in [0.4, 0.5) is 11.4 Å². The molecule has 2 amide bonds. The Morgan fingerprint density at radius 3 is 1.88 bits per heavy atom. The van der Waals surface area contributed by atoms with Gasteiger partial charge in [0.15, 0.2) is 18.0 Å². The first-order chi connectivity index (χ1) is 15.7. The molecule has 170 valence electrons. The van der Waals surface area contributed by atoms with Gasteiger partial charge >= 0.3 is 0 Å². The van der Waals surface area contributed by atoms with Crippen molar-refractivity contribution in [1.29, 1.82) is 0 Å². The second-order valence-corrected chi connectivity index (χ2v) is 8.35. The number of aromatic nitrogens is 1. The molecular formula is C24H22ClN3O5. The van der Waals surface area contributed by atoms with E-state index >= 15 is 0 Å². The normalized spacial score (nSPS) is 19.1. The van der Waals surface area contributed by atoms with Gasteiger partial charge in [0.2, 0.25) is 0 Å². The molecule has 3 aromatic rings. The predicted molar refractivity (Wildman–Crippen MR) is 125 cm³/mol. The monoisotopic (exact) mass is 467 g/mol. The van der Waals surface area contributed by atoms with Crippen molar-refractivity contribution in [2.24, 2.45) is 0 Å². The predicted octanol–water partition coefficient (Wildman–Crippen LogP) is 3.59. The van der Waals surface area contributed by atoms with E-state index in [0.717, 1.165) is 0 Å². The fraction of sp³-hybridized carbons (Fsp3) is 0.208. The van der Waals surface area contributed by atoms with Crippen molar-refractivity contribution in [3.63, 3.8) is 0 Å². The minimum atomic E-state index is -1.16. The summed E-state index contributed by atoms with van der Waals surface area (Å²) in [6.45, 7) is 3.27. The number of anilines is 2. The highest BCUT2D eigenvalue weighted by Gasteiger charge is 2.49. The number of nitrogens with zero attached hydrogens (tertiary/aromatic N) is 1. The van der Waals surface area contributed by atoms with Crippen LogP contribution in [0.1, 0.15) is 13.8 Å². The third kappa shape index (κ3) is 5.31. The largest absolute Gasteiger partial charge is 0.334 e. The Labute approximate surface area is 195 Å². The van der Waals surface area contributed by atoms with Crippen molar-refractivity contribution < 1.29 is 19.1 Å². The number of rotatable bonds is 5. The van der Waals surface area contributed by atoms with Crippen molar-refractivity contribution in [2.45, 2.75) is 31.8 Å². The second kappa shape index (κ2) is 9.19. The van der Waals surface area contributed by atoms with Gasteiger partial charge in [0.1, 0.15) is 0 Å². The van der Waals surface area contributed by atoms with Crippen LogP contribution in [0.15, 0.2) is 77.7 Å². The Balaban J connectivity index is 1.47. The number of nitrogens with one attached hydrogen (secondary N) is 2. The molecule has 33 heavy (non-hydrogen) atoms. The summed E-state index contributed by atoms with van der Waals surface area (Å²) in [7, 11) is 0. The number of carbonyl (C=O) groups is 2. The Hall–Kier alpha value is -3.46. The summed E-state index contributed by atoms with van der Waals surface area (Å²) in [5.41, 5.74) is 1.49. The number of pyridine rings is 1. The van der Waals surface area contributed by atoms with Crippen LogP contribution in [0.25, 0.3) is 5.69 Å². The molecule has 0 radical (unpaired) electrons. The third-order valence-corrected chi connectivity index (χ3v) is 5.21. The molecule has 4 rings (SSSR count). The van der Waals surface area contributed by atoms with Crippen LogP contribution in [-0.4, -0.2) is 34.4 Å². The number of hydrogen-bond acceptors (Lipinski definition) is 5. The molecular weight excluding hydrogens is 446 g/mol. The molecule has 2 unspecified atom stereocenters. The number of benzene rings is 2. The molecule has 0 saturated carbocycles. The maximum Gasteiger partial charge on any atom is 0.256 e. The van der Waals surface area contributed by atoms with E-state index in [4.69, 9.17) is 21.1 Å². The van der Waals surface area contributed by atoms with Gasteiger partial charge in [0.25, 0.3) is 17.4 Å². The van der Waals surface area contributed by atoms with E-state index in [1.54, 1.807) is 80.7 Å². The van der Waals surface area contributed by atoms with Crippen LogP contribution in [0.5, 0.6) is 0 Å². The lowest BCUT2D eigenvalue weighted by Gasteiger charge is -2.17. The minimum Gasteiger partial charge on any atom is -0.334 e. The molecule has 1 saturated heterocycles. The Morgan fingerprint density at radius 1 is 0.848 bits per heavy atom. The van der Waals surface area contributed by atoms with Crippen LogP contribution in [0, 0.1) is 0 Å². The standard InChI is InChI=1S/C24H22ClN3O5/c1-24(2)32-20(22(30)26-16-8-6-15(25)7-9-16)21(33-24)23(31)27-17-10-12-18(13-11-17)28-14-4-3-5-19(28)29/h3-14,20-21H,1-2H3,(H,26,30)(H,27,31). The van der Waals surface area contributed by atoms with Gasteiger partial charge in [0.05, 0.1) is 0 Å². The van der Waals surface area contributed by atoms with Gasteiger partial charge < -0.3 is 20.1 Å². The zero-order chi connectivity index (χ0) is 23.6. The molecule has 1 fully saturated rings. The lowest BCUT2D eigenvalue weighted by molar-refractivity contribution is -0.156. The summed E-state index contributed by atoms with van der Waals surface area (Å²) >= 11 is 5.88. The molecule has 1 aliphatic heterocycles. The number of amides is 2. The zero-order valence-corrected chi connectivity index (χ0v) is 18.7.